The number of nitrogens with zero attached hydrogens (tertiary/aromatic N) is 2. The molecule has 1 N–H and O–H groups in total. The van der Waals surface area contributed by atoms with Gasteiger partial charge in [-0.05, 0) is 13.0 Å². The minimum atomic E-state index is -0.272. The fraction of sp³-hybridized carbons (Fsp3) is 0.600. The van der Waals surface area contributed by atoms with Gasteiger partial charge < -0.3 is 14.6 Å². The summed E-state index contributed by atoms with van der Waals surface area (Å²) in [6.45, 7) is 2.37. The predicted molar refractivity (Wildman–Crippen MR) is 64.4 cm³/mol. The number of rotatable bonds is 7. The summed E-state index contributed by atoms with van der Waals surface area (Å²) in [7, 11) is 1.38. The fourth-order valence-corrected chi connectivity index (χ4v) is 1.66. The molecule has 1 rings (SSSR count). The van der Waals surface area contributed by atoms with Crippen LogP contribution in [0.25, 0.3) is 0 Å². The van der Waals surface area contributed by atoms with Gasteiger partial charge in [0.15, 0.2) is 0 Å². The molecule has 0 spiro atoms. The number of ether oxygens (including phenoxy) is 1. The van der Waals surface area contributed by atoms with E-state index < -0.39 is 0 Å². The van der Waals surface area contributed by atoms with Crippen molar-refractivity contribution in [2.75, 3.05) is 20.2 Å². The highest BCUT2D eigenvalue weighted by molar-refractivity contribution is 9.10. The molecule has 0 aliphatic carbocycles. The highest BCUT2D eigenvalue weighted by atomic mass is 79.9. The van der Waals surface area contributed by atoms with Gasteiger partial charge in [-0.15, -0.1) is 0 Å². The summed E-state index contributed by atoms with van der Waals surface area (Å²) in [5, 5.41) is 3.18. The highest BCUT2D eigenvalue weighted by Gasteiger charge is 2.13. The Labute approximate surface area is 103 Å². The number of alkyl halides is 1. The lowest BCUT2D eigenvalue weighted by Crippen LogP contribution is -2.30. The number of imidazole rings is 1. The molecule has 16 heavy (non-hydrogen) atoms. The summed E-state index contributed by atoms with van der Waals surface area (Å²) >= 11 is 3.24. The van der Waals surface area contributed by atoms with Crippen LogP contribution < -0.4 is 5.32 Å². The predicted octanol–water partition coefficient (Wildman–Crippen LogP) is 0.799. The van der Waals surface area contributed by atoms with Gasteiger partial charge in [-0.1, -0.05) is 15.9 Å². The Morgan fingerprint density at radius 2 is 2.50 bits per heavy atom. The van der Waals surface area contributed by atoms with E-state index in [2.05, 4.69) is 31.0 Å². The van der Waals surface area contributed by atoms with Crippen molar-refractivity contribution < 1.29 is 9.53 Å². The van der Waals surface area contributed by atoms with Crippen molar-refractivity contribution in [3.8, 4) is 0 Å². The lowest BCUT2D eigenvalue weighted by Gasteiger charge is -2.09. The topological polar surface area (TPSA) is 56.1 Å². The Balaban J connectivity index is 2.02. The second-order valence-corrected chi connectivity index (χ2v) is 4.45. The lowest BCUT2D eigenvalue weighted by atomic mass is 10.4. The molecule has 0 fully saturated rings. The van der Waals surface area contributed by atoms with E-state index in [-0.39, 0.29) is 10.8 Å². The SMILES string of the molecule is COC(=O)C(Br)CNCCCn1ccnc1. The summed E-state index contributed by atoms with van der Waals surface area (Å²) in [6, 6.07) is 0. The fourth-order valence-electron chi connectivity index (χ4n) is 1.25. The zero-order valence-electron chi connectivity index (χ0n) is 9.23. The minimum absolute atomic E-state index is 0.248. The molecule has 90 valence electrons. The Morgan fingerprint density at radius 1 is 1.69 bits per heavy atom. The number of esters is 1. The van der Waals surface area contributed by atoms with Crippen LogP contribution in [0.1, 0.15) is 6.42 Å². The smallest absolute Gasteiger partial charge is 0.320 e. The monoisotopic (exact) mass is 289 g/mol. The van der Waals surface area contributed by atoms with Crippen LogP contribution in [0, 0.1) is 0 Å². The van der Waals surface area contributed by atoms with Crippen LogP contribution in [0.2, 0.25) is 0 Å². The van der Waals surface area contributed by atoms with E-state index in [1.54, 1.807) is 12.5 Å². The second kappa shape index (κ2) is 7.40. The molecule has 5 nitrogen and oxygen atoms in total. The number of aryl methyl sites for hydroxylation is 1. The molecule has 0 aliphatic rings. The maximum absolute atomic E-state index is 11.0. The average Bonchev–Trinajstić information content (AvgIpc) is 2.80. The molecule has 0 aliphatic heterocycles. The van der Waals surface area contributed by atoms with E-state index in [1.165, 1.54) is 7.11 Å². The van der Waals surface area contributed by atoms with E-state index in [4.69, 9.17) is 0 Å². The van der Waals surface area contributed by atoms with E-state index >= 15 is 0 Å². The lowest BCUT2D eigenvalue weighted by molar-refractivity contribution is -0.139. The van der Waals surface area contributed by atoms with E-state index in [1.807, 2.05) is 10.8 Å². The number of aromatic nitrogens is 2. The van der Waals surface area contributed by atoms with Crippen molar-refractivity contribution in [3.63, 3.8) is 0 Å². The van der Waals surface area contributed by atoms with Gasteiger partial charge in [0.1, 0.15) is 4.83 Å². The van der Waals surface area contributed by atoms with Crippen LogP contribution in [0.15, 0.2) is 18.7 Å². The quantitative estimate of drug-likeness (QED) is 0.458. The number of nitrogens with one attached hydrogen (secondary N) is 1. The van der Waals surface area contributed by atoms with Gasteiger partial charge in [0, 0.05) is 25.5 Å². The molecule has 0 bridgehead atoms. The second-order valence-electron chi connectivity index (χ2n) is 3.35. The maximum atomic E-state index is 11.0. The van der Waals surface area contributed by atoms with E-state index in [9.17, 15) is 4.79 Å². The Bertz CT molecular complexity index is 303. The van der Waals surface area contributed by atoms with Crippen LogP contribution >= 0.6 is 15.9 Å². The van der Waals surface area contributed by atoms with Crippen molar-refractivity contribution in [2.24, 2.45) is 0 Å². The molecule has 1 aromatic heterocycles. The molecule has 1 unspecified atom stereocenters. The van der Waals surface area contributed by atoms with E-state index in [0.29, 0.717) is 6.54 Å². The summed E-state index contributed by atoms with van der Waals surface area (Å²) < 4.78 is 6.61. The molecule has 0 aromatic carbocycles. The third kappa shape index (κ3) is 4.76. The Morgan fingerprint density at radius 3 is 3.12 bits per heavy atom. The highest BCUT2D eigenvalue weighted by Crippen LogP contribution is 1.99. The average molecular weight is 290 g/mol. The molecule has 6 heteroatoms. The number of carbonyl (C=O) groups is 1. The molecule has 0 radical (unpaired) electrons. The molecular formula is C10H16BrN3O2. The Hall–Kier alpha value is -0.880. The first-order valence-electron chi connectivity index (χ1n) is 5.12. The first-order chi connectivity index (χ1) is 7.74. The number of methoxy groups -OCH3 is 1. The van der Waals surface area contributed by atoms with Crippen molar-refractivity contribution in [3.05, 3.63) is 18.7 Å². The van der Waals surface area contributed by atoms with Crippen LogP contribution in [-0.4, -0.2) is 40.5 Å². The van der Waals surface area contributed by atoms with Gasteiger partial charge in [-0.3, -0.25) is 4.79 Å². The number of hydrogen-bond donors (Lipinski definition) is 1. The van der Waals surface area contributed by atoms with Crippen LogP contribution in [-0.2, 0) is 16.1 Å². The Kier molecular flexibility index (Phi) is 6.10. The number of carbonyl (C=O) groups excluding carboxylic acids is 1. The van der Waals surface area contributed by atoms with Gasteiger partial charge in [0.2, 0.25) is 0 Å². The van der Waals surface area contributed by atoms with E-state index in [0.717, 1.165) is 19.5 Å². The molecule has 1 heterocycles. The first kappa shape index (κ1) is 13.2. The molecule has 0 amide bonds. The van der Waals surface area contributed by atoms with Crippen LogP contribution in [0.3, 0.4) is 0 Å². The van der Waals surface area contributed by atoms with Gasteiger partial charge in [-0.25, -0.2) is 4.98 Å². The third-order valence-corrected chi connectivity index (χ3v) is 2.81. The number of hydrogen-bond acceptors (Lipinski definition) is 4. The molecule has 1 aromatic rings. The molecule has 0 saturated heterocycles. The van der Waals surface area contributed by atoms with Gasteiger partial charge >= 0.3 is 5.97 Å². The molecular weight excluding hydrogens is 274 g/mol. The zero-order valence-corrected chi connectivity index (χ0v) is 10.8. The van der Waals surface area contributed by atoms with Crippen LogP contribution in [0.5, 0.6) is 0 Å². The van der Waals surface area contributed by atoms with Crippen molar-refractivity contribution >= 4 is 21.9 Å². The van der Waals surface area contributed by atoms with Gasteiger partial charge in [-0.2, -0.15) is 0 Å². The minimum Gasteiger partial charge on any atom is -0.468 e. The molecule has 1 atom stereocenters. The molecule has 0 saturated carbocycles. The summed E-state index contributed by atoms with van der Waals surface area (Å²) in [6.07, 6.45) is 6.49. The largest absolute Gasteiger partial charge is 0.468 e. The zero-order chi connectivity index (χ0) is 11.8. The summed E-state index contributed by atoms with van der Waals surface area (Å²) in [5.41, 5.74) is 0. The standard InChI is InChI=1S/C10H16BrN3O2/c1-16-10(15)9(11)7-12-3-2-5-14-6-4-13-8-14/h4,6,8-9,12H,2-3,5,7H2,1H3. The van der Waals surface area contributed by atoms with Gasteiger partial charge in [0.25, 0.3) is 0 Å². The number of halogens is 1. The van der Waals surface area contributed by atoms with Crippen molar-refractivity contribution in [1.29, 1.82) is 0 Å². The first-order valence-corrected chi connectivity index (χ1v) is 6.04. The van der Waals surface area contributed by atoms with Crippen LogP contribution in [0.4, 0.5) is 0 Å². The summed E-state index contributed by atoms with van der Waals surface area (Å²) in [4.78, 5) is 14.7. The van der Waals surface area contributed by atoms with Crippen molar-refractivity contribution in [2.45, 2.75) is 17.8 Å². The third-order valence-electron chi connectivity index (χ3n) is 2.11. The van der Waals surface area contributed by atoms with Crippen molar-refractivity contribution in [1.82, 2.24) is 14.9 Å². The van der Waals surface area contributed by atoms with Gasteiger partial charge in [0.05, 0.1) is 13.4 Å². The maximum Gasteiger partial charge on any atom is 0.320 e. The summed E-state index contributed by atoms with van der Waals surface area (Å²) in [5.74, 6) is -0.248. The normalized spacial score (nSPS) is 12.4.